The number of anilines is 3. The van der Waals surface area contributed by atoms with E-state index >= 15 is 0 Å². The summed E-state index contributed by atoms with van der Waals surface area (Å²) in [7, 11) is 3.56. The molecular weight excluding hydrogens is 498 g/mol. The molecule has 4 heterocycles. The number of ether oxygens (including phenoxy) is 1. The average molecular weight is 532 g/mol. The van der Waals surface area contributed by atoms with Crippen molar-refractivity contribution < 1.29 is 4.74 Å². The minimum absolute atomic E-state index is 0.112. The van der Waals surface area contributed by atoms with E-state index in [0.29, 0.717) is 22.8 Å². The summed E-state index contributed by atoms with van der Waals surface area (Å²) >= 11 is 0. The molecule has 5 rings (SSSR count). The predicted octanol–water partition coefficient (Wildman–Crippen LogP) is 2.41. The first kappa shape index (κ1) is 26.2. The van der Waals surface area contributed by atoms with Crippen molar-refractivity contribution in [3.8, 4) is 11.6 Å². The fourth-order valence-electron chi connectivity index (χ4n) is 4.63. The molecule has 4 aromatic rings. The standard InChI is InChI=1S/C27H33N9O3/c1-6-11-34-25(37)21-17-28-27(29-19-7-9-20(10-8-19)33-14-12-32(4)13-15-33)30-24(21)36(34)23-16-22(39-5)26(38)35(31-23)18(2)3/h6-10,16-18H,1,11-15H2,2-5H3,(H,28,29,30). The Bertz CT molecular complexity index is 1610. The topological polar surface area (TPSA) is 115 Å². The predicted molar refractivity (Wildman–Crippen MR) is 152 cm³/mol. The molecule has 0 amide bonds. The van der Waals surface area contributed by atoms with E-state index in [9.17, 15) is 9.59 Å². The number of likely N-dealkylation sites (N-methyl/N-ethyl adjacent to an activating group) is 1. The van der Waals surface area contributed by atoms with Crippen LogP contribution in [0.25, 0.3) is 16.9 Å². The van der Waals surface area contributed by atoms with Crippen LogP contribution in [-0.2, 0) is 6.54 Å². The summed E-state index contributed by atoms with van der Waals surface area (Å²) < 4.78 is 9.69. The summed E-state index contributed by atoms with van der Waals surface area (Å²) in [6, 6.07) is 9.41. The number of allylic oxidation sites excluding steroid dienone is 1. The van der Waals surface area contributed by atoms with Crippen molar-refractivity contribution in [1.29, 1.82) is 0 Å². The molecule has 39 heavy (non-hydrogen) atoms. The highest BCUT2D eigenvalue weighted by molar-refractivity contribution is 5.77. The highest BCUT2D eigenvalue weighted by atomic mass is 16.5. The van der Waals surface area contributed by atoms with E-state index in [4.69, 9.17) is 4.74 Å². The van der Waals surface area contributed by atoms with Crippen LogP contribution in [0, 0.1) is 0 Å². The summed E-state index contributed by atoms with van der Waals surface area (Å²) in [5.74, 6) is 0.750. The summed E-state index contributed by atoms with van der Waals surface area (Å²) in [5, 5.41) is 8.09. The summed E-state index contributed by atoms with van der Waals surface area (Å²) in [4.78, 5) is 39.8. The molecule has 0 saturated carbocycles. The Balaban J connectivity index is 1.54. The number of hydrogen-bond acceptors (Lipinski definition) is 9. The minimum atomic E-state index is -0.359. The largest absolute Gasteiger partial charge is 0.491 e. The molecule has 0 radical (unpaired) electrons. The van der Waals surface area contributed by atoms with Crippen molar-refractivity contribution in [2.24, 2.45) is 0 Å². The van der Waals surface area contributed by atoms with Crippen LogP contribution < -0.4 is 26.1 Å². The Labute approximate surface area is 225 Å². The van der Waals surface area contributed by atoms with Crippen molar-refractivity contribution in [2.45, 2.75) is 26.4 Å². The lowest BCUT2D eigenvalue weighted by atomic mass is 10.2. The van der Waals surface area contributed by atoms with Gasteiger partial charge in [-0.3, -0.25) is 9.59 Å². The van der Waals surface area contributed by atoms with Crippen LogP contribution in [0.2, 0.25) is 0 Å². The van der Waals surface area contributed by atoms with Gasteiger partial charge in [-0.1, -0.05) is 6.08 Å². The Kier molecular flexibility index (Phi) is 7.20. The van der Waals surface area contributed by atoms with E-state index in [-0.39, 0.29) is 29.5 Å². The summed E-state index contributed by atoms with van der Waals surface area (Å²) in [6.45, 7) is 11.7. The number of rotatable bonds is 8. The second-order valence-corrected chi connectivity index (χ2v) is 9.80. The molecule has 0 aliphatic carbocycles. The normalized spacial score (nSPS) is 14.2. The van der Waals surface area contributed by atoms with Gasteiger partial charge in [-0.2, -0.15) is 4.98 Å². The highest BCUT2D eigenvalue weighted by Crippen LogP contribution is 2.23. The molecule has 3 aromatic heterocycles. The molecule has 12 nitrogen and oxygen atoms in total. The maximum absolute atomic E-state index is 13.3. The van der Waals surface area contributed by atoms with E-state index in [1.807, 2.05) is 26.0 Å². The van der Waals surface area contributed by atoms with Gasteiger partial charge in [0, 0.05) is 49.8 Å². The number of hydrogen-bond donors (Lipinski definition) is 1. The molecule has 204 valence electrons. The Morgan fingerprint density at radius 2 is 1.82 bits per heavy atom. The maximum atomic E-state index is 13.3. The van der Waals surface area contributed by atoms with Crippen LogP contribution in [0.5, 0.6) is 5.75 Å². The van der Waals surface area contributed by atoms with Gasteiger partial charge in [-0.15, -0.1) is 11.7 Å². The van der Waals surface area contributed by atoms with Crippen LogP contribution >= 0.6 is 0 Å². The van der Waals surface area contributed by atoms with E-state index in [0.717, 1.165) is 31.9 Å². The zero-order chi connectivity index (χ0) is 27.7. The molecular formula is C27H33N9O3. The number of methoxy groups -OCH3 is 1. The molecule has 0 spiro atoms. The fraction of sp³-hybridized carbons (Fsp3) is 0.370. The number of benzene rings is 1. The van der Waals surface area contributed by atoms with Crippen molar-refractivity contribution in [2.75, 3.05) is 50.6 Å². The molecule has 0 atom stereocenters. The van der Waals surface area contributed by atoms with Gasteiger partial charge in [0.25, 0.3) is 5.56 Å². The maximum Gasteiger partial charge on any atom is 0.309 e. The molecule has 0 bridgehead atoms. The van der Waals surface area contributed by atoms with Crippen LogP contribution in [0.3, 0.4) is 0 Å². The highest BCUT2D eigenvalue weighted by Gasteiger charge is 2.21. The first-order valence-corrected chi connectivity index (χ1v) is 12.9. The number of nitrogens with one attached hydrogen (secondary N) is 1. The molecule has 1 aliphatic heterocycles. The van der Waals surface area contributed by atoms with E-state index in [1.54, 1.807) is 10.8 Å². The van der Waals surface area contributed by atoms with Crippen molar-refractivity contribution >= 4 is 28.4 Å². The third-order valence-corrected chi connectivity index (χ3v) is 6.78. The Hall–Kier alpha value is -4.45. The second kappa shape index (κ2) is 10.7. The third kappa shape index (κ3) is 5.02. The van der Waals surface area contributed by atoms with Crippen LogP contribution in [-0.4, -0.2) is 74.3 Å². The zero-order valence-corrected chi connectivity index (χ0v) is 22.7. The fourth-order valence-corrected chi connectivity index (χ4v) is 4.63. The van der Waals surface area contributed by atoms with E-state index < -0.39 is 0 Å². The van der Waals surface area contributed by atoms with Gasteiger partial charge >= 0.3 is 5.56 Å². The number of nitrogens with zero attached hydrogens (tertiary/aromatic N) is 8. The quantitative estimate of drug-likeness (QED) is 0.342. The molecule has 0 unspecified atom stereocenters. The van der Waals surface area contributed by atoms with Crippen LogP contribution in [0.4, 0.5) is 17.3 Å². The third-order valence-electron chi connectivity index (χ3n) is 6.78. The first-order chi connectivity index (χ1) is 18.8. The second-order valence-electron chi connectivity index (χ2n) is 9.80. The van der Waals surface area contributed by atoms with E-state index in [1.165, 1.54) is 34.4 Å². The van der Waals surface area contributed by atoms with Gasteiger partial charge in [0.15, 0.2) is 17.2 Å². The van der Waals surface area contributed by atoms with Gasteiger partial charge in [-0.25, -0.2) is 19.0 Å². The van der Waals surface area contributed by atoms with Crippen molar-refractivity contribution in [3.05, 3.63) is 69.9 Å². The number of piperazine rings is 1. The average Bonchev–Trinajstić information content (AvgIpc) is 3.20. The number of fused-ring (bicyclic) bond motifs is 1. The molecule has 1 saturated heterocycles. The lowest BCUT2D eigenvalue weighted by Gasteiger charge is -2.34. The van der Waals surface area contributed by atoms with Gasteiger partial charge < -0.3 is 19.9 Å². The van der Waals surface area contributed by atoms with E-state index in [2.05, 4.69) is 55.9 Å². The first-order valence-electron chi connectivity index (χ1n) is 12.9. The Morgan fingerprint density at radius 1 is 1.10 bits per heavy atom. The lowest BCUT2D eigenvalue weighted by Crippen LogP contribution is -2.44. The van der Waals surface area contributed by atoms with Gasteiger partial charge in [0.2, 0.25) is 5.95 Å². The summed E-state index contributed by atoms with van der Waals surface area (Å²) in [5.41, 5.74) is 1.68. The van der Waals surface area contributed by atoms with Gasteiger partial charge in [-0.05, 0) is 45.2 Å². The number of aromatic nitrogens is 6. The minimum Gasteiger partial charge on any atom is -0.491 e. The van der Waals surface area contributed by atoms with Crippen molar-refractivity contribution in [1.82, 2.24) is 34.0 Å². The van der Waals surface area contributed by atoms with Crippen LogP contribution in [0.15, 0.2) is 58.8 Å². The molecule has 1 N–H and O–H groups in total. The van der Waals surface area contributed by atoms with Crippen LogP contribution in [0.1, 0.15) is 19.9 Å². The molecule has 12 heteroatoms. The van der Waals surface area contributed by atoms with Crippen molar-refractivity contribution in [3.63, 3.8) is 0 Å². The zero-order valence-electron chi connectivity index (χ0n) is 22.7. The molecule has 1 aromatic carbocycles. The van der Waals surface area contributed by atoms with Gasteiger partial charge in [0.05, 0.1) is 19.7 Å². The van der Waals surface area contributed by atoms with Gasteiger partial charge in [0.1, 0.15) is 5.39 Å². The Morgan fingerprint density at radius 3 is 2.46 bits per heavy atom. The molecule has 1 aliphatic rings. The lowest BCUT2D eigenvalue weighted by molar-refractivity contribution is 0.313. The SMILES string of the molecule is C=CCn1c(=O)c2cnc(Nc3ccc(N4CCN(C)CC4)cc3)nc2n1-c1cc(OC)c(=O)n(C(C)C)n1. The summed E-state index contributed by atoms with van der Waals surface area (Å²) in [6.07, 6.45) is 3.11. The smallest absolute Gasteiger partial charge is 0.309 e. The molecule has 1 fully saturated rings. The monoisotopic (exact) mass is 531 g/mol.